The Labute approximate surface area is 75.0 Å². The molecule has 0 saturated heterocycles. The van der Waals surface area contributed by atoms with E-state index in [0.29, 0.717) is 6.42 Å². The summed E-state index contributed by atoms with van der Waals surface area (Å²) in [5.41, 5.74) is 0. The maximum absolute atomic E-state index is 10.4. The zero-order chi connectivity index (χ0) is 8.43. The molecule has 0 aromatic heterocycles. The minimum atomic E-state index is -0.554. The SMILES string of the molecule is O=[N+]([O-])C1CC=C(Br)C=C1P. The second kappa shape index (κ2) is 3.46. The fourth-order valence-electron chi connectivity index (χ4n) is 0.882. The van der Waals surface area contributed by atoms with Crippen LogP contribution in [0.4, 0.5) is 0 Å². The lowest BCUT2D eigenvalue weighted by molar-refractivity contribution is -0.509. The molecule has 0 aromatic rings. The van der Waals surface area contributed by atoms with E-state index in [4.69, 9.17) is 0 Å². The first kappa shape index (κ1) is 8.88. The molecule has 5 heteroatoms. The van der Waals surface area contributed by atoms with Crippen molar-refractivity contribution in [3.63, 3.8) is 0 Å². The van der Waals surface area contributed by atoms with Gasteiger partial charge in [0.05, 0.1) is 0 Å². The van der Waals surface area contributed by atoms with Crippen molar-refractivity contribution in [1.82, 2.24) is 0 Å². The van der Waals surface area contributed by atoms with E-state index in [1.165, 1.54) is 0 Å². The maximum Gasteiger partial charge on any atom is 0.241 e. The van der Waals surface area contributed by atoms with Crippen molar-refractivity contribution in [1.29, 1.82) is 0 Å². The van der Waals surface area contributed by atoms with Crippen LogP contribution in [0.15, 0.2) is 21.9 Å². The van der Waals surface area contributed by atoms with Crippen molar-refractivity contribution in [2.24, 2.45) is 0 Å². The van der Waals surface area contributed by atoms with Crippen LogP contribution in [0.3, 0.4) is 0 Å². The number of hydrogen-bond acceptors (Lipinski definition) is 2. The Bertz CT molecular complexity index is 249. The van der Waals surface area contributed by atoms with Gasteiger partial charge >= 0.3 is 0 Å². The van der Waals surface area contributed by atoms with E-state index in [-0.39, 0.29) is 4.92 Å². The summed E-state index contributed by atoms with van der Waals surface area (Å²) in [4.78, 5) is 10.1. The van der Waals surface area contributed by atoms with Crippen LogP contribution in [0.5, 0.6) is 0 Å². The lowest BCUT2D eigenvalue weighted by Gasteiger charge is -2.11. The van der Waals surface area contributed by atoms with E-state index >= 15 is 0 Å². The largest absolute Gasteiger partial charge is 0.264 e. The van der Waals surface area contributed by atoms with Gasteiger partial charge in [0.25, 0.3) is 0 Å². The van der Waals surface area contributed by atoms with Gasteiger partial charge in [-0.05, 0) is 6.08 Å². The molecule has 1 aliphatic rings. The van der Waals surface area contributed by atoms with Crippen molar-refractivity contribution in [3.8, 4) is 0 Å². The normalized spacial score (nSPS) is 24.0. The van der Waals surface area contributed by atoms with E-state index in [0.717, 1.165) is 9.80 Å². The molecule has 2 unspecified atom stereocenters. The van der Waals surface area contributed by atoms with Gasteiger partial charge in [0, 0.05) is 21.1 Å². The Hall–Kier alpha value is -0.210. The third kappa shape index (κ3) is 2.11. The Balaban J connectivity index is 2.80. The molecule has 0 radical (unpaired) electrons. The summed E-state index contributed by atoms with van der Waals surface area (Å²) >= 11 is 3.25. The Morgan fingerprint density at radius 1 is 1.82 bits per heavy atom. The van der Waals surface area contributed by atoms with Crippen molar-refractivity contribution >= 4 is 25.2 Å². The Morgan fingerprint density at radius 2 is 2.45 bits per heavy atom. The summed E-state index contributed by atoms with van der Waals surface area (Å²) in [7, 11) is 2.39. The summed E-state index contributed by atoms with van der Waals surface area (Å²) < 4.78 is 0.917. The van der Waals surface area contributed by atoms with Crippen LogP contribution in [-0.2, 0) is 0 Å². The van der Waals surface area contributed by atoms with Crippen molar-refractivity contribution in [3.05, 3.63) is 32.1 Å². The van der Waals surface area contributed by atoms with Crippen LogP contribution in [0.2, 0.25) is 0 Å². The monoisotopic (exact) mass is 235 g/mol. The molecule has 60 valence electrons. The van der Waals surface area contributed by atoms with Gasteiger partial charge in [-0.2, -0.15) is 0 Å². The fraction of sp³-hybridized carbons (Fsp3) is 0.333. The summed E-state index contributed by atoms with van der Waals surface area (Å²) in [6, 6.07) is -0.554. The fourth-order valence-corrected chi connectivity index (χ4v) is 2.02. The molecule has 0 fully saturated rings. The van der Waals surface area contributed by atoms with Gasteiger partial charge in [0.1, 0.15) is 0 Å². The van der Waals surface area contributed by atoms with Crippen LogP contribution in [-0.4, -0.2) is 11.0 Å². The van der Waals surface area contributed by atoms with Gasteiger partial charge in [0.2, 0.25) is 6.04 Å². The molecule has 1 aliphatic carbocycles. The predicted molar refractivity (Wildman–Crippen MR) is 50.2 cm³/mol. The molecular weight excluding hydrogens is 229 g/mol. The highest BCUT2D eigenvalue weighted by Crippen LogP contribution is 2.27. The lowest BCUT2D eigenvalue weighted by atomic mass is 10.1. The topological polar surface area (TPSA) is 43.1 Å². The van der Waals surface area contributed by atoms with E-state index in [1.54, 1.807) is 12.2 Å². The first-order valence-electron chi connectivity index (χ1n) is 3.07. The molecule has 0 saturated carbocycles. The van der Waals surface area contributed by atoms with Gasteiger partial charge in [-0.15, -0.1) is 9.24 Å². The van der Waals surface area contributed by atoms with Crippen LogP contribution in [0, 0.1) is 10.1 Å². The molecule has 11 heavy (non-hydrogen) atoms. The third-order valence-corrected chi connectivity index (χ3v) is 2.58. The van der Waals surface area contributed by atoms with E-state index < -0.39 is 6.04 Å². The van der Waals surface area contributed by atoms with Crippen molar-refractivity contribution in [2.75, 3.05) is 0 Å². The van der Waals surface area contributed by atoms with Crippen LogP contribution >= 0.6 is 25.2 Å². The van der Waals surface area contributed by atoms with Crippen molar-refractivity contribution < 1.29 is 4.92 Å². The zero-order valence-corrected chi connectivity index (χ0v) is 8.40. The van der Waals surface area contributed by atoms with Gasteiger partial charge in [-0.3, -0.25) is 10.1 Å². The van der Waals surface area contributed by atoms with Gasteiger partial charge in [-0.1, -0.05) is 22.0 Å². The number of nitro groups is 1. The third-order valence-electron chi connectivity index (χ3n) is 1.48. The first-order chi connectivity index (χ1) is 5.11. The summed E-state index contributed by atoms with van der Waals surface area (Å²) in [5.74, 6) is 0. The summed E-state index contributed by atoms with van der Waals surface area (Å²) in [5, 5.41) is 11.1. The number of halogens is 1. The molecule has 0 spiro atoms. The molecule has 0 amide bonds. The molecule has 0 heterocycles. The highest BCUT2D eigenvalue weighted by molar-refractivity contribution is 9.11. The van der Waals surface area contributed by atoms with Crippen LogP contribution in [0.1, 0.15) is 6.42 Å². The number of hydrogen-bond donors (Lipinski definition) is 0. The molecule has 3 nitrogen and oxygen atoms in total. The molecular formula is C6H7BrNO2P. The van der Waals surface area contributed by atoms with Crippen LogP contribution < -0.4 is 0 Å². The minimum Gasteiger partial charge on any atom is -0.264 e. The molecule has 2 atom stereocenters. The predicted octanol–water partition coefficient (Wildman–Crippen LogP) is 2.07. The first-order valence-corrected chi connectivity index (χ1v) is 4.44. The molecule has 0 aromatic carbocycles. The molecule has 0 N–H and O–H groups in total. The second-order valence-electron chi connectivity index (χ2n) is 2.27. The van der Waals surface area contributed by atoms with Crippen LogP contribution in [0.25, 0.3) is 0 Å². The number of nitrogens with zero attached hydrogens (tertiary/aromatic N) is 1. The number of allylic oxidation sites excluding steroid dienone is 2. The lowest BCUT2D eigenvalue weighted by Crippen LogP contribution is -2.20. The van der Waals surface area contributed by atoms with E-state index in [1.807, 2.05) is 0 Å². The Morgan fingerprint density at radius 3 is 2.91 bits per heavy atom. The average Bonchev–Trinajstić information content (AvgIpc) is 1.85. The highest BCUT2D eigenvalue weighted by Gasteiger charge is 2.23. The zero-order valence-electron chi connectivity index (χ0n) is 5.66. The minimum absolute atomic E-state index is 0.269. The van der Waals surface area contributed by atoms with Crippen molar-refractivity contribution in [2.45, 2.75) is 12.5 Å². The van der Waals surface area contributed by atoms with Gasteiger partial charge < -0.3 is 0 Å². The smallest absolute Gasteiger partial charge is 0.241 e. The van der Waals surface area contributed by atoms with Gasteiger partial charge in [0.15, 0.2) is 0 Å². The quantitative estimate of drug-likeness (QED) is 0.397. The number of rotatable bonds is 1. The van der Waals surface area contributed by atoms with Gasteiger partial charge in [-0.25, -0.2) is 0 Å². The standard InChI is InChI=1S/C6H7BrNO2P/c7-4-1-2-5(8(9)10)6(11)3-4/h1,3,5H,2,11H2. The molecule has 0 aliphatic heterocycles. The van der Waals surface area contributed by atoms with E-state index in [9.17, 15) is 10.1 Å². The molecule has 0 bridgehead atoms. The summed E-state index contributed by atoms with van der Waals surface area (Å²) in [6.45, 7) is 0. The maximum atomic E-state index is 10.4. The Kier molecular flexibility index (Phi) is 2.79. The highest BCUT2D eigenvalue weighted by atomic mass is 79.9. The average molecular weight is 236 g/mol. The van der Waals surface area contributed by atoms with E-state index in [2.05, 4.69) is 25.2 Å². The summed E-state index contributed by atoms with van der Waals surface area (Å²) in [6.07, 6.45) is 4.03. The molecule has 1 rings (SSSR count). The second-order valence-corrected chi connectivity index (χ2v) is 3.85.